The number of nitrogens with zero attached hydrogens (tertiary/aromatic N) is 2. The molecule has 0 bridgehead atoms. The number of aromatic nitrogens is 2. The Morgan fingerprint density at radius 1 is 1.52 bits per heavy atom. The van der Waals surface area contributed by atoms with Crippen LogP contribution in [0.25, 0.3) is 0 Å². The lowest BCUT2D eigenvalue weighted by molar-refractivity contribution is 0.0921. The normalized spacial score (nSPS) is 22.7. The molecule has 2 heterocycles. The fourth-order valence-electron chi connectivity index (χ4n) is 2.17. The lowest BCUT2D eigenvalue weighted by atomic mass is 10.1. The van der Waals surface area contributed by atoms with E-state index in [0.717, 1.165) is 0 Å². The van der Waals surface area contributed by atoms with E-state index in [4.69, 9.17) is 4.74 Å². The van der Waals surface area contributed by atoms with Gasteiger partial charge in [0.2, 0.25) is 10.0 Å². The molecule has 0 radical (unpaired) electrons. The number of nitrogens with one attached hydrogen (secondary N) is 2. The summed E-state index contributed by atoms with van der Waals surface area (Å²) in [7, 11) is -0.348. The van der Waals surface area contributed by atoms with E-state index in [2.05, 4.69) is 15.3 Å². The standard InChI is InChI=1S/C12H20N4O4S/c1-8-11(14-7-13-8)12(17)15-10-5-20-4-9(10)6-21(18,19)16(2)3/h7,9-10H,4-6H2,1-3H3,(H,13,14)(H,15,17)/t9-,10+/m0/s1. The Labute approximate surface area is 123 Å². The van der Waals surface area contributed by atoms with Gasteiger partial charge in [-0.3, -0.25) is 4.79 Å². The van der Waals surface area contributed by atoms with Crippen LogP contribution in [0.1, 0.15) is 16.2 Å². The number of imidazole rings is 1. The first-order valence-corrected chi connectivity index (χ1v) is 8.21. The van der Waals surface area contributed by atoms with E-state index in [9.17, 15) is 13.2 Å². The maximum atomic E-state index is 12.1. The largest absolute Gasteiger partial charge is 0.379 e. The van der Waals surface area contributed by atoms with Gasteiger partial charge in [0.05, 0.1) is 31.3 Å². The average Bonchev–Trinajstić information content (AvgIpc) is 2.98. The van der Waals surface area contributed by atoms with Crippen molar-refractivity contribution in [3.63, 3.8) is 0 Å². The Morgan fingerprint density at radius 2 is 2.24 bits per heavy atom. The highest BCUT2D eigenvalue weighted by atomic mass is 32.2. The first kappa shape index (κ1) is 15.9. The Bertz CT molecular complexity index is 611. The maximum absolute atomic E-state index is 12.1. The van der Waals surface area contributed by atoms with Crippen LogP contribution < -0.4 is 5.32 Å². The number of aromatic amines is 1. The van der Waals surface area contributed by atoms with Crippen LogP contribution >= 0.6 is 0 Å². The Kier molecular flexibility index (Phi) is 4.64. The summed E-state index contributed by atoms with van der Waals surface area (Å²) in [5, 5.41) is 2.80. The van der Waals surface area contributed by atoms with Crippen molar-refractivity contribution in [2.24, 2.45) is 5.92 Å². The number of rotatable bonds is 5. The highest BCUT2D eigenvalue weighted by Gasteiger charge is 2.34. The van der Waals surface area contributed by atoms with Gasteiger partial charge in [-0.15, -0.1) is 0 Å². The molecule has 1 aliphatic heterocycles. The molecule has 8 nitrogen and oxygen atoms in total. The predicted octanol–water partition coefficient (Wildman–Crippen LogP) is -0.646. The summed E-state index contributed by atoms with van der Waals surface area (Å²) >= 11 is 0. The van der Waals surface area contributed by atoms with Gasteiger partial charge in [-0.2, -0.15) is 0 Å². The lowest BCUT2D eigenvalue weighted by Crippen LogP contribution is -2.43. The van der Waals surface area contributed by atoms with Crippen LogP contribution in [0.2, 0.25) is 0 Å². The highest BCUT2D eigenvalue weighted by molar-refractivity contribution is 7.89. The molecular weight excluding hydrogens is 296 g/mol. The molecule has 21 heavy (non-hydrogen) atoms. The van der Waals surface area contributed by atoms with Crippen LogP contribution in [0.15, 0.2) is 6.33 Å². The number of carbonyl (C=O) groups excluding carboxylic acids is 1. The fourth-order valence-corrected chi connectivity index (χ4v) is 3.33. The zero-order chi connectivity index (χ0) is 15.6. The van der Waals surface area contributed by atoms with E-state index < -0.39 is 10.0 Å². The van der Waals surface area contributed by atoms with Gasteiger partial charge in [-0.1, -0.05) is 0 Å². The van der Waals surface area contributed by atoms with E-state index in [0.29, 0.717) is 24.6 Å². The third-order valence-corrected chi connectivity index (χ3v) is 5.50. The summed E-state index contributed by atoms with van der Waals surface area (Å²) in [5.74, 6) is -0.637. The highest BCUT2D eigenvalue weighted by Crippen LogP contribution is 2.17. The molecule has 1 aromatic heterocycles. The lowest BCUT2D eigenvalue weighted by Gasteiger charge is -2.20. The summed E-state index contributed by atoms with van der Waals surface area (Å²) in [4.78, 5) is 18.9. The van der Waals surface area contributed by atoms with E-state index >= 15 is 0 Å². The molecule has 1 amide bonds. The number of aryl methyl sites for hydroxylation is 1. The molecule has 2 N–H and O–H groups in total. The van der Waals surface area contributed by atoms with Gasteiger partial charge >= 0.3 is 0 Å². The van der Waals surface area contributed by atoms with E-state index in [1.165, 1.54) is 24.7 Å². The number of carbonyl (C=O) groups is 1. The zero-order valence-corrected chi connectivity index (χ0v) is 13.1. The molecule has 9 heteroatoms. The number of sulfonamides is 1. The smallest absolute Gasteiger partial charge is 0.272 e. The minimum atomic E-state index is -3.33. The van der Waals surface area contributed by atoms with Crippen LogP contribution in [0, 0.1) is 12.8 Å². The first-order chi connectivity index (χ1) is 9.81. The SMILES string of the molecule is Cc1[nH]cnc1C(=O)N[C@@H]1COC[C@H]1CS(=O)(=O)N(C)C. The molecule has 118 valence electrons. The third kappa shape index (κ3) is 3.60. The van der Waals surface area contributed by atoms with Gasteiger partial charge in [-0.05, 0) is 6.92 Å². The van der Waals surface area contributed by atoms with Gasteiger partial charge in [0.15, 0.2) is 0 Å². The fraction of sp³-hybridized carbons (Fsp3) is 0.667. The molecule has 2 atom stereocenters. The Hall–Kier alpha value is -1.45. The number of hydrogen-bond acceptors (Lipinski definition) is 5. The van der Waals surface area contributed by atoms with Gasteiger partial charge in [-0.25, -0.2) is 17.7 Å². The molecule has 1 aromatic rings. The molecule has 1 fully saturated rings. The minimum absolute atomic E-state index is 0.0511. The second kappa shape index (κ2) is 6.12. The molecule has 1 saturated heterocycles. The van der Waals surface area contributed by atoms with Crippen LogP contribution in [-0.4, -0.2) is 67.7 Å². The van der Waals surface area contributed by atoms with Gasteiger partial charge < -0.3 is 15.0 Å². The van der Waals surface area contributed by atoms with Crippen molar-refractivity contribution in [2.45, 2.75) is 13.0 Å². The van der Waals surface area contributed by atoms with Crippen LogP contribution in [0.4, 0.5) is 0 Å². The second-order valence-corrected chi connectivity index (χ2v) is 7.54. The molecule has 0 aliphatic carbocycles. The molecular formula is C12H20N4O4S. The predicted molar refractivity (Wildman–Crippen MR) is 76.4 cm³/mol. The Balaban J connectivity index is 2.03. The van der Waals surface area contributed by atoms with Crippen LogP contribution in [-0.2, 0) is 14.8 Å². The van der Waals surface area contributed by atoms with Crippen molar-refractivity contribution >= 4 is 15.9 Å². The number of H-pyrrole nitrogens is 1. The van der Waals surface area contributed by atoms with E-state index in [1.807, 2.05) is 0 Å². The molecule has 0 saturated carbocycles. The third-order valence-electron chi connectivity index (χ3n) is 3.54. The van der Waals surface area contributed by atoms with Crippen LogP contribution in [0.3, 0.4) is 0 Å². The van der Waals surface area contributed by atoms with Crippen molar-refractivity contribution in [1.29, 1.82) is 0 Å². The molecule has 1 aliphatic rings. The summed E-state index contributed by atoms with van der Waals surface area (Å²) < 4.78 is 30.4. The van der Waals surface area contributed by atoms with E-state index in [-0.39, 0.29) is 23.6 Å². The summed E-state index contributed by atoms with van der Waals surface area (Å²) in [6, 6.07) is -0.330. The quantitative estimate of drug-likeness (QED) is 0.751. The van der Waals surface area contributed by atoms with Crippen LogP contribution in [0.5, 0.6) is 0 Å². The van der Waals surface area contributed by atoms with Gasteiger partial charge in [0.1, 0.15) is 5.69 Å². The number of hydrogen-bond donors (Lipinski definition) is 2. The maximum Gasteiger partial charge on any atom is 0.272 e. The van der Waals surface area contributed by atoms with Gasteiger partial charge in [0, 0.05) is 25.7 Å². The number of amides is 1. The van der Waals surface area contributed by atoms with Crippen molar-refractivity contribution in [3.05, 3.63) is 17.7 Å². The summed E-state index contributed by atoms with van der Waals surface area (Å²) in [6.07, 6.45) is 1.45. The van der Waals surface area contributed by atoms with Crippen molar-refractivity contribution in [3.8, 4) is 0 Å². The first-order valence-electron chi connectivity index (χ1n) is 6.60. The summed E-state index contributed by atoms with van der Waals surface area (Å²) in [6.45, 7) is 2.38. The van der Waals surface area contributed by atoms with Gasteiger partial charge in [0.25, 0.3) is 5.91 Å². The molecule has 0 aromatic carbocycles. The van der Waals surface area contributed by atoms with E-state index in [1.54, 1.807) is 6.92 Å². The summed E-state index contributed by atoms with van der Waals surface area (Å²) in [5.41, 5.74) is 0.986. The Morgan fingerprint density at radius 3 is 2.81 bits per heavy atom. The minimum Gasteiger partial charge on any atom is -0.379 e. The van der Waals surface area contributed by atoms with Crippen molar-refractivity contribution in [2.75, 3.05) is 33.1 Å². The molecule has 2 rings (SSSR count). The van der Waals surface area contributed by atoms with Crippen molar-refractivity contribution in [1.82, 2.24) is 19.6 Å². The molecule has 0 unspecified atom stereocenters. The average molecular weight is 316 g/mol. The second-order valence-electron chi connectivity index (χ2n) is 5.31. The zero-order valence-electron chi connectivity index (χ0n) is 12.3. The topological polar surface area (TPSA) is 104 Å². The monoisotopic (exact) mass is 316 g/mol. The van der Waals surface area contributed by atoms with Crippen molar-refractivity contribution < 1.29 is 17.9 Å². The number of ether oxygens (including phenoxy) is 1. The molecule has 0 spiro atoms.